The molecule has 1 heterocycles. The molecule has 1 aromatic carbocycles. The summed E-state index contributed by atoms with van der Waals surface area (Å²) in [5.74, 6) is 0.605. The van der Waals surface area contributed by atoms with Crippen LogP contribution in [-0.4, -0.2) is 67.5 Å². The Kier molecular flexibility index (Phi) is 6.67. The molecule has 0 spiro atoms. The van der Waals surface area contributed by atoms with Gasteiger partial charge in [-0.25, -0.2) is 0 Å². The minimum absolute atomic E-state index is 0.0119. The van der Waals surface area contributed by atoms with Crippen LogP contribution in [0.4, 0.5) is 0 Å². The fraction of sp³-hybridized carbons (Fsp3) is 0.500. The number of amides is 2. The van der Waals surface area contributed by atoms with Crippen LogP contribution in [0.2, 0.25) is 5.02 Å². The number of rotatable bonds is 6. The van der Waals surface area contributed by atoms with E-state index in [1.807, 2.05) is 6.92 Å². The lowest BCUT2D eigenvalue weighted by molar-refractivity contribution is -0.135. The van der Waals surface area contributed by atoms with Gasteiger partial charge in [0.15, 0.2) is 6.61 Å². The third-order valence-corrected chi connectivity index (χ3v) is 3.89. The average molecular weight is 340 g/mol. The molecule has 0 saturated carbocycles. The van der Waals surface area contributed by atoms with E-state index >= 15 is 0 Å². The van der Waals surface area contributed by atoms with Crippen molar-refractivity contribution in [3.8, 4) is 5.75 Å². The maximum absolute atomic E-state index is 12.1. The first-order valence-corrected chi connectivity index (χ1v) is 8.11. The largest absolute Gasteiger partial charge is 0.484 e. The summed E-state index contributed by atoms with van der Waals surface area (Å²) >= 11 is 5.80. The van der Waals surface area contributed by atoms with Crippen LogP contribution in [0, 0.1) is 0 Å². The van der Waals surface area contributed by atoms with Crippen LogP contribution in [0.25, 0.3) is 0 Å². The van der Waals surface area contributed by atoms with Crippen molar-refractivity contribution in [3.63, 3.8) is 0 Å². The zero-order chi connectivity index (χ0) is 16.7. The van der Waals surface area contributed by atoms with Crippen molar-refractivity contribution in [3.05, 3.63) is 29.3 Å². The molecule has 0 atom stereocenters. The first-order valence-electron chi connectivity index (χ1n) is 7.73. The van der Waals surface area contributed by atoms with E-state index in [1.165, 1.54) is 0 Å². The van der Waals surface area contributed by atoms with Gasteiger partial charge in [0.25, 0.3) is 5.91 Å². The van der Waals surface area contributed by atoms with Crippen molar-refractivity contribution in [2.45, 2.75) is 6.92 Å². The van der Waals surface area contributed by atoms with Gasteiger partial charge in [-0.3, -0.25) is 14.5 Å². The molecule has 6 nitrogen and oxygen atoms in total. The molecule has 1 fully saturated rings. The van der Waals surface area contributed by atoms with Crippen LogP contribution >= 0.6 is 11.6 Å². The van der Waals surface area contributed by atoms with E-state index in [4.69, 9.17) is 16.3 Å². The van der Waals surface area contributed by atoms with Gasteiger partial charge in [-0.05, 0) is 31.2 Å². The number of likely N-dealkylation sites (N-methyl/N-ethyl adjacent to an activating group) is 1. The van der Waals surface area contributed by atoms with Gasteiger partial charge in [-0.2, -0.15) is 0 Å². The fourth-order valence-electron chi connectivity index (χ4n) is 2.38. The molecular formula is C16H22ClN3O3. The normalized spacial score (nSPS) is 15.3. The number of piperazine rings is 1. The van der Waals surface area contributed by atoms with Crippen molar-refractivity contribution in [2.24, 2.45) is 0 Å². The zero-order valence-electron chi connectivity index (χ0n) is 13.3. The first-order chi connectivity index (χ1) is 11.1. The Bertz CT molecular complexity index is 528. The summed E-state index contributed by atoms with van der Waals surface area (Å²) in [6.07, 6.45) is 0. The fourth-order valence-corrected chi connectivity index (χ4v) is 2.50. The molecule has 0 aromatic heterocycles. The van der Waals surface area contributed by atoms with Crippen LogP contribution in [0.5, 0.6) is 5.75 Å². The van der Waals surface area contributed by atoms with Crippen molar-refractivity contribution in [1.29, 1.82) is 0 Å². The van der Waals surface area contributed by atoms with Crippen molar-refractivity contribution >= 4 is 23.4 Å². The minimum atomic E-state index is -0.0439. The highest BCUT2D eigenvalue weighted by atomic mass is 35.5. The number of carbonyl (C=O) groups is 2. The van der Waals surface area contributed by atoms with Crippen LogP contribution in [0.15, 0.2) is 24.3 Å². The lowest BCUT2D eigenvalue weighted by Crippen LogP contribution is -2.52. The Morgan fingerprint density at radius 3 is 2.43 bits per heavy atom. The van der Waals surface area contributed by atoms with E-state index < -0.39 is 0 Å². The molecule has 2 rings (SSSR count). The van der Waals surface area contributed by atoms with Gasteiger partial charge in [0.1, 0.15) is 5.75 Å². The maximum atomic E-state index is 12.1. The molecule has 0 unspecified atom stereocenters. The molecule has 2 amide bonds. The molecule has 0 bridgehead atoms. The second kappa shape index (κ2) is 8.74. The quantitative estimate of drug-likeness (QED) is 0.840. The summed E-state index contributed by atoms with van der Waals surface area (Å²) in [4.78, 5) is 27.5. The number of nitrogens with one attached hydrogen (secondary N) is 1. The Hall–Kier alpha value is -1.79. The van der Waals surface area contributed by atoms with E-state index in [0.29, 0.717) is 50.0 Å². The molecule has 1 N–H and O–H groups in total. The first kappa shape index (κ1) is 17.6. The lowest BCUT2D eigenvalue weighted by Gasteiger charge is -2.34. The second-order valence-corrected chi connectivity index (χ2v) is 5.79. The summed E-state index contributed by atoms with van der Waals surface area (Å²) in [7, 11) is 0. The molecule has 1 aliphatic rings. The van der Waals surface area contributed by atoms with Gasteiger partial charge in [-0.1, -0.05) is 11.6 Å². The Morgan fingerprint density at radius 2 is 1.83 bits per heavy atom. The van der Waals surface area contributed by atoms with Crippen LogP contribution < -0.4 is 10.1 Å². The third-order valence-electron chi connectivity index (χ3n) is 3.64. The Morgan fingerprint density at radius 1 is 1.17 bits per heavy atom. The number of nitrogens with zero attached hydrogens (tertiary/aromatic N) is 2. The molecule has 1 saturated heterocycles. The predicted molar refractivity (Wildman–Crippen MR) is 88.7 cm³/mol. The van der Waals surface area contributed by atoms with Gasteiger partial charge in [0.05, 0.1) is 6.54 Å². The molecule has 0 radical (unpaired) electrons. The monoisotopic (exact) mass is 339 g/mol. The molecule has 0 aliphatic carbocycles. The second-order valence-electron chi connectivity index (χ2n) is 5.35. The molecular weight excluding hydrogens is 318 g/mol. The summed E-state index contributed by atoms with van der Waals surface area (Å²) < 4.78 is 5.47. The third kappa shape index (κ3) is 5.73. The molecule has 126 valence electrons. The van der Waals surface area contributed by atoms with Gasteiger partial charge >= 0.3 is 0 Å². The lowest BCUT2D eigenvalue weighted by atomic mass is 10.3. The number of hydrogen-bond donors (Lipinski definition) is 1. The highest BCUT2D eigenvalue weighted by Gasteiger charge is 2.22. The van der Waals surface area contributed by atoms with E-state index in [9.17, 15) is 9.59 Å². The van der Waals surface area contributed by atoms with E-state index in [-0.39, 0.29) is 18.4 Å². The van der Waals surface area contributed by atoms with Crippen molar-refractivity contribution in [2.75, 3.05) is 45.9 Å². The van der Waals surface area contributed by atoms with E-state index in [1.54, 1.807) is 29.2 Å². The summed E-state index contributed by atoms with van der Waals surface area (Å²) in [5, 5.41) is 3.41. The smallest absolute Gasteiger partial charge is 0.260 e. The molecule has 1 aliphatic heterocycles. The summed E-state index contributed by atoms with van der Waals surface area (Å²) in [6, 6.07) is 6.92. The number of halogens is 1. The van der Waals surface area contributed by atoms with E-state index in [2.05, 4.69) is 10.2 Å². The van der Waals surface area contributed by atoms with Crippen molar-refractivity contribution < 1.29 is 14.3 Å². The number of hydrogen-bond acceptors (Lipinski definition) is 4. The summed E-state index contributed by atoms with van der Waals surface area (Å²) in [6.45, 7) is 5.56. The average Bonchev–Trinajstić information content (AvgIpc) is 2.55. The van der Waals surface area contributed by atoms with Crippen LogP contribution in [-0.2, 0) is 9.59 Å². The number of benzene rings is 1. The highest BCUT2D eigenvalue weighted by molar-refractivity contribution is 6.30. The van der Waals surface area contributed by atoms with Crippen LogP contribution in [0.3, 0.4) is 0 Å². The van der Waals surface area contributed by atoms with E-state index in [0.717, 1.165) is 0 Å². The number of carbonyl (C=O) groups excluding carboxylic acids is 2. The highest BCUT2D eigenvalue weighted by Crippen LogP contribution is 2.15. The SMILES string of the molecule is CCNC(=O)CN1CCN(C(=O)COc2ccc(Cl)cc2)CC1. The Labute approximate surface area is 141 Å². The van der Waals surface area contributed by atoms with Gasteiger partial charge in [0.2, 0.25) is 5.91 Å². The summed E-state index contributed by atoms with van der Waals surface area (Å²) in [5.41, 5.74) is 0. The Balaban J connectivity index is 1.71. The number of ether oxygens (including phenoxy) is 1. The van der Waals surface area contributed by atoms with Gasteiger partial charge in [-0.15, -0.1) is 0 Å². The molecule has 7 heteroatoms. The van der Waals surface area contributed by atoms with Crippen molar-refractivity contribution in [1.82, 2.24) is 15.1 Å². The minimum Gasteiger partial charge on any atom is -0.484 e. The standard InChI is InChI=1S/C16H22ClN3O3/c1-2-18-15(21)11-19-7-9-20(10-8-19)16(22)12-23-14-5-3-13(17)4-6-14/h3-6H,2,7-12H2,1H3,(H,18,21). The topological polar surface area (TPSA) is 61.9 Å². The van der Waals surface area contributed by atoms with Gasteiger partial charge in [0, 0.05) is 37.7 Å². The van der Waals surface area contributed by atoms with Gasteiger partial charge < -0.3 is 15.0 Å². The maximum Gasteiger partial charge on any atom is 0.260 e. The molecule has 1 aromatic rings. The molecule has 23 heavy (non-hydrogen) atoms. The predicted octanol–water partition coefficient (Wildman–Crippen LogP) is 0.999. The zero-order valence-corrected chi connectivity index (χ0v) is 14.0. The van der Waals surface area contributed by atoms with Crippen LogP contribution in [0.1, 0.15) is 6.92 Å².